The first-order valence-corrected chi connectivity index (χ1v) is 9.46. The van der Waals surface area contributed by atoms with Crippen molar-refractivity contribution in [2.24, 2.45) is 5.92 Å². The summed E-state index contributed by atoms with van der Waals surface area (Å²) in [6.45, 7) is 15.7. The summed E-state index contributed by atoms with van der Waals surface area (Å²) < 4.78 is 0. The van der Waals surface area contributed by atoms with E-state index in [2.05, 4.69) is 61.8 Å². The van der Waals surface area contributed by atoms with Crippen LogP contribution >= 0.6 is 0 Å². The summed E-state index contributed by atoms with van der Waals surface area (Å²) in [4.78, 5) is 5.38. The fourth-order valence-corrected chi connectivity index (χ4v) is 4.26. The van der Waals surface area contributed by atoms with E-state index in [4.69, 9.17) is 0 Å². The number of piperidine rings is 1. The fourth-order valence-electron chi connectivity index (χ4n) is 4.26. The lowest BCUT2D eigenvalue weighted by Crippen LogP contribution is -2.47. The van der Waals surface area contributed by atoms with Crippen LogP contribution in [0.5, 0.6) is 0 Å². The molecule has 2 aliphatic heterocycles. The molecule has 0 aromatic heterocycles. The highest BCUT2D eigenvalue weighted by molar-refractivity contribution is 5.25. The molecule has 2 heterocycles. The van der Waals surface area contributed by atoms with Crippen LogP contribution in [-0.2, 0) is 0 Å². The molecule has 1 atom stereocenters. The zero-order valence-corrected chi connectivity index (χ0v) is 15.5. The highest BCUT2D eigenvalue weighted by Gasteiger charge is 2.30. The van der Waals surface area contributed by atoms with Gasteiger partial charge < -0.3 is 4.90 Å². The van der Waals surface area contributed by atoms with Crippen molar-refractivity contribution in [3.63, 3.8) is 0 Å². The van der Waals surface area contributed by atoms with Gasteiger partial charge in [0.15, 0.2) is 0 Å². The van der Waals surface area contributed by atoms with Gasteiger partial charge in [0, 0.05) is 18.6 Å². The van der Waals surface area contributed by atoms with Crippen molar-refractivity contribution in [3.8, 4) is 0 Å². The molecule has 0 bridgehead atoms. The molecular formula is C21H34N2. The van der Waals surface area contributed by atoms with Crippen LogP contribution in [0.3, 0.4) is 0 Å². The van der Waals surface area contributed by atoms with Gasteiger partial charge in [0.25, 0.3) is 0 Å². The largest absolute Gasteiger partial charge is 0.302 e. The zero-order valence-electron chi connectivity index (χ0n) is 15.5. The van der Waals surface area contributed by atoms with Crippen LogP contribution in [-0.4, -0.2) is 48.1 Å². The Balaban J connectivity index is 1.47. The van der Waals surface area contributed by atoms with E-state index in [0.717, 1.165) is 11.8 Å². The third kappa shape index (κ3) is 4.36. The molecule has 0 spiro atoms. The van der Waals surface area contributed by atoms with Crippen LogP contribution in [0.2, 0.25) is 0 Å². The molecule has 2 fully saturated rings. The molecular weight excluding hydrogens is 280 g/mol. The first-order valence-electron chi connectivity index (χ1n) is 9.46. The Labute approximate surface area is 142 Å². The molecule has 128 valence electrons. The second-order valence-corrected chi connectivity index (χ2v) is 8.76. The Bertz CT molecular complexity index is 492. The van der Waals surface area contributed by atoms with Crippen LogP contribution in [0.15, 0.2) is 24.3 Å². The highest BCUT2D eigenvalue weighted by atomic mass is 15.2. The van der Waals surface area contributed by atoms with Crippen LogP contribution in [0.4, 0.5) is 0 Å². The second kappa shape index (κ2) is 6.94. The van der Waals surface area contributed by atoms with E-state index in [1.54, 1.807) is 5.56 Å². The van der Waals surface area contributed by atoms with Crippen LogP contribution in [0.25, 0.3) is 0 Å². The van der Waals surface area contributed by atoms with Crippen LogP contribution < -0.4 is 0 Å². The molecule has 1 aromatic rings. The van der Waals surface area contributed by atoms with E-state index in [9.17, 15) is 0 Å². The number of hydrogen-bond donors (Lipinski definition) is 0. The topological polar surface area (TPSA) is 6.48 Å². The predicted octanol–water partition coefficient (Wildman–Crippen LogP) is 4.29. The lowest BCUT2D eigenvalue weighted by molar-refractivity contribution is 0.0773. The average Bonchev–Trinajstić information content (AvgIpc) is 2.96. The van der Waals surface area contributed by atoms with E-state index >= 15 is 0 Å². The van der Waals surface area contributed by atoms with Gasteiger partial charge in [-0.1, -0.05) is 29.8 Å². The Morgan fingerprint density at radius 2 is 1.61 bits per heavy atom. The van der Waals surface area contributed by atoms with Gasteiger partial charge in [-0.2, -0.15) is 0 Å². The quantitative estimate of drug-likeness (QED) is 0.821. The lowest BCUT2D eigenvalue weighted by atomic mass is 9.92. The Kier molecular flexibility index (Phi) is 5.13. The maximum atomic E-state index is 2.72. The summed E-state index contributed by atoms with van der Waals surface area (Å²) in [6, 6.07) is 9.21. The number of aryl methyl sites for hydroxylation is 1. The first-order chi connectivity index (χ1) is 10.9. The van der Waals surface area contributed by atoms with Gasteiger partial charge in [-0.15, -0.1) is 0 Å². The Hall–Kier alpha value is -0.860. The van der Waals surface area contributed by atoms with Gasteiger partial charge in [-0.25, -0.2) is 0 Å². The second-order valence-electron chi connectivity index (χ2n) is 8.76. The maximum Gasteiger partial charge on any atom is 0.0125 e. The molecule has 3 rings (SSSR count). The smallest absolute Gasteiger partial charge is 0.0125 e. The minimum absolute atomic E-state index is 0.342. The molecule has 0 amide bonds. The molecule has 0 aliphatic carbocycles. The van der Waals surface area contributed by atoms with Crippen LogP contribution in [0, 0.1) is 12.8 Å². The molecule has 23 heavy (non-hydrogen) atoms. The lowest BCUT2D eigenvalue weighted by Gasteiger charge is -2.41. The molecule has 0 saturated carbocycles. The van der Waals surface area contributed by atoms with E-state index in [0.29, 0.717) is 5.54 Å². The summed E-state index contributed by atoms with van der Waals surface area (Å²) in [5, 5.41) is 0. The summed E-state index contributed by atoms with van der Waals surface area (Å²) >= 11 is 0. The SMILES string of the molecule is Cc1ccc(C2CCN(CC3CCN(C(C)(C)C)CC3)C2)cc1. The minimum atomic E-state index is 0.342. The monoisotopic (exact) mass is 314 g/mol. The number of rotatable bonds is 3. The van der Waals surface area contributed by atoms with Gasteiger partial charge in [0.2, 0.25) is 0 Å². The average molecular weight is 315 g/mol. The third-order valence-electron chi connectivity index (χ3n) is 5.90. The van der Waals surface area contributed by atoms with Crippen molar-refractivity contribution in [2.75, 3.05) is 32.7 Å². The Morgan fingerprint density at radius 3 is 2.22 bits per heavy atom. The van der Waals surface area contributed by atoms with Crippen molar-refractivity contribution in [2.45, 2.75) is 58.4 Å². The Morgan fingerprint density at radius 1 is 0.957 bits per heavy atom. The molecule has 2 heteroatoms. The predicted molar refractivity (Wildman–Crippen MR) is 99.0 cm³/mol. The zero-order chi connectivity index (χ0) is 16.4. The van der Waals surface area contributed by atoms with Crippen LogP contribution in [0.1, 0.15) is 57.1 Å². The molecule has 1 aromatic carbocycles. The van der Waals surface area contributed by atoms with Gasteiger partial charge >= 0.3 is 0 Å². The van der Waals surface area contributed by atoms with Gasteiger partial charge in [-0.05, 0) is 84.0 Å². The first kappa shape index (κ1) is 17.0. The third-order valence-corrected chi connectivity index (χ3v) is 5.90. The van der Waals surface area contributed by atoms with Gasteiger partial charge in [0.1, 0.15) is 0 Å². The number of hydrogen-bond acceptors (Lipinski definition) is 2. The summed E-state index contributed by atoms with van der Waals surface area (Å²) in [5.74, 6) is 1.66. The van der Waals surface area contributed by atoms with Gasteiger partial charge in [0.05, 0.1) is 0 Å². The van der Waals surface area contributed by atoms with Crippen molar-refractivity contribution in [1.82, 2.24) is 9.80 Å². The van der Waals surface area contributed by atoms with E-state index in [-0.39, 0.29) is 0 Å². The molecule has 0 radical (unpaired) electrons. The molecule has 0 N–H and O–H groups in total. The number of likely N-dealkylation sites (tertiary alicyclic amines) is 2. The van der Waals surface area contributed by atoms with Crippen molar-refractivity contribution in [3.05, 3.63) is 35.4 Å². The minimum Gasteiger partial charge on any atom is -0.302 e. The fraction of sp³-hybridized carbons (Fsp3) is 0.714. The highest BCUT2D eigenvalue weighted by Crippen LogP contribution is 2.30. The molecule has 2 saturated heterocycles. The van der Waals surface area contributed by atoms with Crippen molar-refractivity contribution >= 4 is 0 Å². The molecule has 2 aliphatic rings. The van der Waals surface area contributed by atoms with Crippen molar-refractivity contribution < 1.29 is 0 Å². The molecule has 1 unspecified atom stereocenters. The van der Waals surface area contributed by atoms with E-state index in [1.165, 1.54) is 57.5 Å². The van der Waals surface area contributed by atoms with E-state index in [1.807, 2.05) is 0 Å². The standard InChI is InChI=1S/C21H34N2/c1-17-5-7-19(8-6-17)20-11-12-22(16-20)15-18-9-13-23(14-10-18)21(2,3)4/h5-8,18,20H,9-16H2,1-4H3. The number of benzene rings is 1. The summed E-state index contributed by atoms with van der Waals surface area (Å²) in [6.07, 6.45) is 4.09. The number of nitrogens with zero attached hydrogens (tertiary/aromatic N) is 2. The normalized spacial score (nSPS) is 25.1. The van der Waals surface area contributed by atoms with E-state index < -0.39 is 0 Å². The summed E-state index contributed by atoms with van der Waals surface area (Å²) in [7, 11) is 0. The molecule has 2 nitrogen and oxygen atoms in total. The van der Waals surface area contributed by atoms with Gasteiger partial charge in [-0.3, -0.25) is 4.90 Å². The van der Waals surface area contributed by atoms with Crippen molar-refractivity contribution in [1.29, 1.82) is 0 Å². The maximum absolute atomic E-state index is 2.72. The summed E-state index contributed by atoms with van der Waals surface area (Å²) in [5.41, 5.74) is 3.25.